The Hall–Kier alpha value is -1.16. The molecule has 0 unspecified atom stereocenters. The van der Waals surface area contributed by atoms with Gasteiger partial charge in [-0.15, -0.1) is 11.8 Å². The molecule has 0 bridgehead atoms. The van der Waals surface area contributed by atoms with Crippen LogP contribution in [0.5, 0.6) is 0 Å². The molecule has 3 nitrogen and oxygen atoms in total. The van der Waals surface area contributed by atoms with E-state index in [9.17, 15) is 4.79 Å². The Kier molecular flexibility index (Phi) is 6.91. The minimum Gasteiger partial charge on any atom is -0.372 e. The van der Waals surface area contributed by atoms with Crippen LogP contribution >= 0.6 is 11.8 Å². The Labute approximate surface area is 163 Å². The number of benzene rings is 1. The van der Waals surface area contributed by atoms with E-state index >= 15 is 0 Å². The van der Waals surface area contributed by atoms with Gasteiger partial charge in [0.05, 0.1) is 0 Å². The Morgan fingerprint density at radius 1 is 1.00 bits per heavy atom. The first-order valence-corrected chi connectivity index (χ1v) is 11.5. The Bertz CT molecular complexity index is 570. The molecule has 2 aliphatic heterocycles. The van der Waals surface area contributed by atoms with E-state index < -0.39 is 0 Å². The summed E-state index contributed by atoms with van der Waals surface area (Å²) in [7, 11) is 0. The van der Waals surface area contributed by atoms with Gasteiger partial charge in [0, 0.05) is 43.2 Å². The molecule has 144 valence electrons. The molecule has 0 N–H and O–H groups in total. The lowest BCUT2D eigenvalue weighted by molar-refractivity contribution is -0.133. The number of hydrogen-bond donors (Lipinski definition) is 0. The number of carbonyl (C=O) groups excluding carboxylic acids is 1. The van der Waals surface area contributed by atoms with Gasteiger partial charge in [-0.1, -0.05) is 13.8 Å². The number of nitrogens with zero attached hydrogens (tertiary/aromatic N) is 2. The van der Waals surface area contributed by atoms with Gasteiger partial charge in [0.1, 0.15) is 0 Å². The Morgan fingerprint density at radius 2 is 1.54 bits per heavy atom. The van der Waals surface area contributed by atoms with Crippen LogP contribution in [0, 0.1) is 17.8 Å². The zero-order valence-electron chi connectivity index (χ0n) is 16.6. The predicted molar refractivity (Wildman–Crippen MR) is 112 cm³/mol. The molecule has 1 aromatic carbocycles. The van der Waals surface area contributed by atoms with E-state index in [1.165, 1.54) is 49.4 Å². The van der Waals surface area contributed by atoms with E-state index in [4.69, 9.17) is 0 Å². The van der Waals surface area contributed by atoms with Crippen LogP contribution in [0.2, 0.25) is 0 Å². The van der Waals surface area contributed by atoms with Crippen molar-refractivity contribution in [3.63, 3.8) is 0 Å². The first kappa shape index (κ1) is 19.6. The summed E-state index contributed by atoms with van der Waals surface area (Å²) in [5, 5.41) is 0. The smallest absolute Gasteiger partial charge is 0.222 e. The summed E-state index contributed by atoms with van der Waals surface area (Å²) in [5.41, 5.74) is 1.37. The minimum absolute atomic E-state index is 0.363. The fraction of sp³-hybridized carbons (Fsp3) is 0.682. The van der Waals surface area contributed by atoms with Crippen molar-refractivity contribution in [1.82, 2.24) is 4.90 Å². The van der Waals surface area contributed by atoms with Crippen molar-refractivity contribution in [3.05, 3.63) is 24.3 Å². The van der Waals surface area contributed by atoms with Gasteiger partial charge in [0.2, 0.25) is 5.91 Å². The predicted octanol–water partition coefficient (Wildman–Crippen LogP) is 4.91. The maximum Gasteiger partial charge on any atom is 0.222 e. The first-order valence-electron chi connectivity index (χ1n) is 10.2. The molecule has 2 fully saturated rings. The third-order valence-electron chi connectivity index (χ3n) is 6.12. The summed E-state index contributed by atoms with van der Waals surface area (Å²) in [6.07, 6.45) is 7.85. The van der Waals surface area contributed by atoms with Crippen LogP contribution in [0.3, 0.4) is 0 Å². The van der Waals surface area contributed by atoms with Gasteiger partial charge in [0.25, 0.3) is 0 Å². The van der Waals surface area contributed by atoms with Gasteiger partial charge in [-0.3, -0.25) is 4.79 Å². The number of thioether (sulfide) groups is 1. The van der Waals surface area contributed by atoms with Crippen molar-refractivity contribution < 1.29 is 4.79 Å². The van der Waals surface area contributed by atoms with E-state index in [-0.39, 0.29) is 0 Å². The van der Waals surface area contributed by atoms with Gasteiger partial charge in [0.15, 0.2) is 0 Å². The zero-order chi connectivity index (χ0) is 18.5. The van der Waals surface area contributed by atoms with Crippen molar-refractivity contribution in [2.45, 2.75) is 50.8 Å². The molecule has 0 aromatic heterocycles. The second-order valence-corrected chi connectivity index (χ2v) is 9.22. The Morgan fingerprint density at radius 3 is 2.04 bits per heavy atom. The third-order valence-corrected chi connectivity index (χ3v) is 6.86. The average Bonchev–Trinajstić information content (AvgIpc) is 2.68. The van der Waals surface area contributed by atoms with Gasteiger partial charge in [-0.2, -0.15) is 0 Å². The second-order valence-electron chi connectivity index (χ2n) is 8.34. The second kappa shape index (κ2) is 9.16. The number of anilines is 1. The highest BCUT2D eigenvalue weighted by molar-refractivity contribution is 7.98. The quantitative estimate of drug-likeness (QED) is 0.684. The highest BCUT2D eigenvalue weighted by atomic mass is 32.2. The molecule has 2 heterocycles. The van der Waals surface area contributed by atoms with Crippen LogP contribution in [-0.2, 0) is 4.79 Å². The highest BCUT2D eigenvalue weighted by Crippen LogP contribution is 2.34. The largest absolute Gasteiger partial charge is 0.372 e. The van der Waals surface area contributed by atoms with Gasteiger partial charge in [-0.05, 0) is 74.0 Å². The fourth-order valence-corrected chi connectivity index (χ4v) is 4.93. The monoisotopic (exact) mass is 374 g/mol. The van der Waals surface area contributed by atoms with Crippen LogP contribution in [0.15, 0.2) is 29.2 Å². The summed E-state index contributed by atoms with van der Waals surface area (Å²) < 4.78 is 0. The molecular weight excluding hydrogens is 340 g/mol. The summed E-state index contributed by atoms with van der Waals surface area (Å²) >= 11 is 1.80. The summed E-state index contributed by atoms with van der Waals surface area (Å²) in [4.78, 5) is 18.2. The van der Waals surface area contributed by atoms with Crippen LogP contribution in [-0.4, -0.2) is 43.2 Å². The van der Waals surface area contributed by atoms with E-state index in [1.54, 1.807) is 11.8 Å². The average molecular weight is 375 g/mol. The minimum atomic E-state index is 0.363. The lowest BCUT2D eigenvalue weighted by atomic mass is 9.78. The molecule has 1 amide bonds. The molecule has 2 saturated heterocycles. The number of rotatable bonds is 5. The SMILES string of the molecule is CSc1ccc(N2CCC(C3CCN(C(=O)CC(C)C)CC3)CC2)cc1. The van der Waals surface area contributed by atoms with Crippen LogP contribution in [0.4, 0.5) is 5.69 Å². The lowest BCUT2D eigenvalue weighted by Crippen LogP contribution is -2.43. The standard InChI is InChI=1S/C22H34N2OS/c1-17(2)16-22(25)24-14-10-19(11-15-24)18-8-12-23(13-9-18)20-4-6-21(26-3)7-5-20/h4-7,17-19H,8-16H2,1-3H3. The molecular formula is C22H34N2OS. The van der Waals surface area contributed by atoms with E-state index in [2.05, 4.69) is 54.2 Å². The number of carbonyl (C=O) groups is 1. The summed E-state index contributed by atoms with van der Waals surface area (Å²) in [6.45, 7) is 8.57. The van der Waals surface area contributed by atoms with E-state index in [0.717, 1.165) is 24.9 Å². The molecule has 0 spiro atoms. The first-order chi connectivity index (χ1) is 12.6. The fourth-order valence-electron chi connectivity index (χ4n) is 4.52. The molecule has 4 heteroatoms. The van der Waals surface area contributed by atoms with Crippen LogP contribution in [0.25, 0.3) is 0 Å². The molecule has 0 atom stereocenters. The number of amides is 1. The van der Waals surface area contributed by atoms with E-state index in [0.29, 0.717) is 18.2 Å². The molecule has 0 saturated carbocycles. The number of likely N-dealkylation sites (tertiary alicyclic amines) is 1. The molecule has 0 radical (unpaired) electrons. The van der Waals surface area contributed by atoms with Crippen molar-refractivity contribution in [3.8, 4) is 0 Å². The summed E-state index contributed by atoms with van der Waals surface area (Å²) in [5.74, 6) is 2.50. The van der Waals surface area contributed by atoms with Crippen molar-refractivity contribution in [2.24, 2.45) is 17.8 Å². The van der Waals surface area contributed by atoms with Gasteiger partial charge >= 0.3 is 0 Å². The number of piperidine rings is 2. The molecule has 3 rings (SSSR count). The third kappa shape index (κ3) is 4.97. The van der Waals surface area contributed by atoms with Gasteiger partial charge < -0.3 is 9.80 Å². The van der Waals surface area contributed by atoms with Crippen LogP contribution in [0.1, 0.15) is 46.0 Å². The number of hydrogen-bond acceptors (Lipinski definition) is 3. The van der Waals surface area contributed by atoms with E-state index in [1.807, 2.05) is 0 Å². The Balaban J connectivity index is 1.44. The van der Waals surface area contributed by atoms with Crippen molar-refractivity contribution in [2.75, 3.05) is 37.3 Å². The van der Waals surface area contributed by atoms with Gasteiger partial charge in [-0.25, -0.2) is 0 Å². The maximum absolute atomic E-state index is 12.3. The van der Waals surface area contributed by atoms with Crippen LogP contribution < -0.4 is 4.90 Å². The molecule has 2 aliphatic rings. The van der Waals surface area contributed by atoms with Crippen molar-refractivity contribution in [1.29, 1.82) is 0 Å². The normalized spacial score (nSPS) is 20.0. The molecule has 1 aromatic rings. The maximum atomic E-state index is 12.3. The summed E-state index contributed by atoms with van der Waals surface area (Å²) in [6, 6.07) is 9.00. The lowest BCUT2D eigenvalue weighted by Gasteiger charge is -2.41. The highest BCUT2D eigenvalue weighted by Gasteiger charge is 2.30. The molecule has 0 aliphatic carbocycles. The molecule has 26 heavy (non-hydrogen) atoms. The topological polar surface area (TPSA) is 23.6 Å². The zero-order valence-corrected chi connectivity index (χ0v) is 17.4. The van der Waals surface area contributed by atoms with Crippen molar-refractivity contribution >= 4 is 23.4 Å².